The number of aliphatic imine (C=N–C) groups is 1. The van der Waals surface area contributed by atoms with E-state index in [4.69, 9.17) is 0 Å². The van der Waals surface area contributed by atoms with E-state index in [-0.39, 0.29) is 11.7 Å². The standard InChI is InChI=1S/C22H29FN4O/c1-4-24-22(26-15-13-18-9-5-6-11-20(18)23)25-14-12-17-8-7-10-19(16-17)21(28)27(2)3/h5-11,16H,4,12-15H2,1-3H3,(H2,24,25,26). The number of carbonyl (C=O) groups is 1. The Balaban J connectivity index is 1.88. The molecule has 6 heteroatoms. The number of rotatable bonds is 8. The van der Waals surface area contributed by atoms with E-state index in [2.05, 4.69) is 15.6 Å². The van der Waals surface area contributed by atoms with Crippen molar-refractivity contribution < 1.29 is 9.18 Å². The summed E-state index contributed by atoms with van der Waals surface area (Å²) in [5.74, 6) is 0.514. The number of nitrogens with zero attached hydrogens (tertiary/aromatic N) is 2. The quantitative estimate of drug-likeness (QED) is 0.544. The molecule has 0 atom stereocenters. The SMILES string of the molecule is CCNC(=NCCc1ccccc1F)NCCc1cccc(C(=O)N(C)C)c1. The van der Waals surface area contributed by atoms with Crippen LogP contribution in [-0.4, -0.2) is 50.5 Å². The highest BCUT2D eigenvalue weighted by Gasteiger charge is 2.08. The lowest BCUT2D eigenvalue weighted by Gasteiger charge is -2.13. The minimum atomic E-state index is -0.192. The van der Waals surface area contributed by atoms with Gasteiger partial charge in [-0.2, -0.15) is 0 Å². The molecule has 5 nitrogen and oxygen atoms in total. The van der Waals surface area contributed by atoms with E-state index in [9.17, 15) is 9.18 Å². The fourth-order valence-electron chi connectivity index (χ4n) is 2.77. The minimum absolute atomic E-state index is 0.00199. The molecule has 0 saturated heterocycles. The first-order valence-electron chi connectivity index (χ1n) is 9.57. The Labute approximate surface area is 166 Å². The molecule has 0 radical (unpaired) electrons. The second-order valence-corrected chi connectivity index (χ2v) is 6.68. The molecule has 2 rings (SSSR count). The Hall–Kier alpha value is -2.89. The molecule has 0 aliphatic rings. The van der Waals surface area contributed by atoms with Crippen LogP contribution in [0, 0.1) is 5.82 Å². The summed E-state index contributed by atoms with van der Waals surface area (Å²) in [6.07, 6.45) is 1.32. The summed E-state index contributed by atoms with van der Waals surface area (Å²) < 4.78 is 13.7. The zero-order chi connectivity index (χ0) is 20.4. The number of halogens is 1. The van der Waals surface area contributed by atoms with E-state index in [1.807, 2.05) is 37.3 Å². The lowest BCUT2D eigenvalue weighted by Crippen LogP contribution is -2.38. The number of hydrogen-bond donors (Lipinski definition) is 2. The third kappa shape index (κ3) is 6.68. The van der Waals surface area contributed by atoms with Crippen molar-refractivity contribution in [2.75, 3.05) is 33.7 Å². The third-order valence-electron chi connectivity index (χ3n) is 4.24. The summed E-state index contributed by atoms with van der Waals surface area (Å²) in [6, 6.07) is 14.4. The van der Waals surface area contributed by atoms with Gasteiger partial charge in [-0.25, -0.2) is 4.39 Å². The van der Waals surface area contributed by atoms with Crippen LogP contribution in [0.3, 0.4) is 0 Å². The Morgan fingerprint density at radius 1 is 1.07 bits per heavy atom. The van der Waals surface area contributed by atoms with Crippen molar-refractivity contribution >= 4 is 11.9 Å². The predicted molar refractivity (Wildman–Crippen MR) is 112 cm³/mol. The van der Waals surface area contributed by atoms with Gasteiger partial charge in [0.15, 0.2) is 5.96 Å². The van der Waals surface area contributed by atoms with Gasteiger partial charge < -0.3 is 15.5 Å². The van der Waals surface area contributed by atoms with E-state index in [0.29, 0.717) is 36.6 Å². The van der Waals surface area contributed by atoms with Crippen molar-refractivity contribution in [2.24, 2.45) is 4.99 Å². The molecule has 0 saturated carbocycles. The van der Waals surface area contributed by atoms with Crippen molar-refractivity contribution in [1.82, 2.24) is 15.5 Å². The number of hydrogen-bond acceptors (Lipinski definition) is 2. The lowest BCUT2D eigenvalue weighted by atomic mass is 10.1. The molecule has 0 spiro atoms. The first kappa shape index (κ1) is 21.4. The second kappa shape index (κ2) is 11.1. The van der Waals surface area contributed by atoms with Crippen molar-refractivity contribution in [3.05, 3.63) is 71.0 Å². The molecule has 0 aliphatic heterocycles. The molecule has 2 N–H and O–H groups in total. The van der Waals surface area contributed by atoms with Gasteiger partial charge in [-0.1, -0.05) is 30.3 Å². The molecule has 0 unspecified atom stereocenters. The predicted octanol–water partition coefficient (Wildman–Crippen LogP) is 2.87. The Morgan fingerprint density at radius 3 is 2.57 bits per heavy atom. The number of benzene rings is 2. The first-order chi connectivity index (χ1) is 13.5. The summed E-state index contributed by atoms with van der Waals surface area (Å²) in [7, 11) is 3.49. The molecule has 0 aliphatic carbocycles. The first-order valence-corrected chi connectivity index (χ1v) is 9.57. The monoisotopic (exact) mass is 384 g/mol. The highest BCUT2D eigenvalue weighted by atomic mass is 19.1. The third-order valence-corrected chi connectivity index (χ3v) is 4.24. The summed E-state index contributed by atoms with van der Waals surface area (Å²) in [5, 5.41) is 6.49. The van der Waals surface area contributed by atoms with E-state index in [1.54, 1.807) is 31.1 Å². The highest BCUT2D eigenvalue weighted by molar-refractivity contribution is 5.94. The second-order valence-electron chi connectivity index (χ2n) is 6.68. The molecule has 1 amide bonds. The van der Waals surface area contributed by atoms with Gasteiger partial charge in [0.1, 0.15) is 5.82 Å². The molecule has 0 aromatic heterocycles. The van der Waals surface area contributed by atoms with Gasteiger partial charge in [0.2, 0.25) is 0 Å². The van der Waals surface area contributed by atoms with E-state index >= 15 is 0 Å². The van der Waals surface area contributed by atoms with Gasteiger partial charge in [0, 0.05) is 39.3 Å². The molecule has 0 bridgehead atoms. The van der Waals surface area contributed by atoms with Crippen molar-refractivity contribution in [3.63, 3.8) is 0 Å². The summed E-state index contributed by atoms with van der Waals surface area (Å²) in [5.41, 5.74) is 2.44. The Kier molecular flexibility index (Phi) is 8.46. The molecule has 150 valence electrons. The molecular weight excluding hydrogens is 355 g/mol. The van der Waals surface area contributed by atoms with Crippen LogP contribution in [-0.2, 0) is 12.8 Å². The zero-order valence-electron chi connectivity index (χ0n) is 16.8. The van der Waals surface area contributed by atoms with Crippen LogP contribution in [0.2, 0.25) is 0 Å². The Morgan fingerprint density at radius 2 is 1.86 bits per heavy atom. The normalized spacial score (nSPS) is 11.2. The number of amides is 1. The number of nitrogens with one attached hydrogen (secondary N) is 2. The molecule has 0 heterocycles. The fraction of sp³-hybridized carbons (Fsp3) is 0.364. The van der Waals surface area contributed by atoms with Gasteiger partial charge in [-0.15, -0.1) is 0 Å². The molecule has 2 aromatic carbocycles. The average Bonchev–Trinajstić information content (AvgIpc) is 2.69. The maximum Gasteiger partial charge on any atom is 0.253 e. The molecular formula is C22H29FN4O. The summed E-state index contributed by atoms with van der Waals surface area (Å²) >= 11 is 0. The van der Waals surface area contributed by atoms with Gasteiger partial charge in [-0.05, 0) is 49.1 Å². The van der Waals surface area contributed by atoms with Crippen molar-refractivity contribution in [1.29, 1.82) is 0 Å². The molecule has 0 fully saturated rings. The maximum absolute atomic E-state index is 13.7. The topological polar surface area (TPSA) is 56.7 Å². The van der Waals surface area contributed by atoms with Crippen molar-refractivity contribution in [2.45, 2.75) is 19.8 Å². The van der Waals surface area contributed by atoms with Gasteiger partial charge in [-0.3, -0.25) is 9.79 Å². The zero-order valence-corrected chi connectivity index (χ0v) is 16.8. The van der Waals surface area contributed by atoms with Gasteiger partial charge in [0.25, 0.3) is 5.91 Å². The molecule has 28 heavy (non-hydrogen) atoms. The largest absolute Gasteiger partial charge is 0.357 e. The summed E-state index contributed by atoms with van der Waals surface area (Å²) in [6.45, 7) is 3.94. The lowest BCUT2D eigenvalue weighted by molar-refractivity contribution is 0.0827. The van der Waals surface area contributed by atoms with Crippen LogP contribution < -0.4 is 10.6 Å². The fourth-order valence-corrected chi connectivity index (χ4v) is 2.77. The van der Waals surface area contributed by atoms with Crippen molar-refractivity contribution in [3.8, 4) is 0 Å². The van der Waals surface area contributed by atoms with Crippen LogP contribution in [0.4, 0.5) is 4.39 Å². The smallest absolute Gasteiger partial charge is 0.253 e. The maximum atomic E-state index is 13.7. The highest BCUT2D eigenvalue weighted by Crippen LogP contribution is 2.08. The van der Waals surface area contributed by atoms with Crippen LogP contribution in [0.25, 0.3) is 0 Å². The number of carbonyl (C=O) groups excluding carboxylic acids is 1. The van der Waals surface area contributed by atoms with E-state index in [0.717, 1.165) is 18.5 Å². The minimum Gasteiger partial charge on any atom is -0.357 e. The molecule has 2 aromatic rings. The van der Waals surface area contributed by atoms with Crippen LogP contribution in [0.15, 0.2) is 53.5 Å². The summed E-state index contributed by atoms with van der Waals surface area (Å²) in [4.78, 5) is 18.2. The van der Waals surface area contributed by atoms with E-state index in [1.165, 1.54) is 6.07 Å². The Bertz CT molecular complexity index is 805. The van der Waals surface area contributed by atoms with Crippen LogP contribution in [0.1, 0.15) is 28.4 Å². The van der Waals surface area contributed by atoms with Gasteiger partial charge >= 0.3 is 0 Å². The van der Waals surface area contributed by atoms with Crippen LogP contribution >= 0.6 is 0 Å². The van der Waals surface area contributed by atoms with Gasteiger partial charge in [0.05, 0.1) is 0 Å². The number of guanidine groups is 1. The van der Waals surface area contributed by atoms with Crippen LogP contribution in [0.5, 0.6) is 0 Å². The average molecular weight is 384 g/mol. The van der Waals surface area contributed by atoms with E-state index < -0.39 is 0 Å².